The van der Waals surface area contributed by atoms with Crippen LogP contribution >= 0.6 is 0 Å². The number of ether oxygens (including phenoxy) is 2. The van der Waals surface area contributed by atoms with Crippen LogP contribution in [0.5, 0.6) is 5.75 Å². The van der Waals surface area contributed by atoms with Crippen molar-refractivity contribution < 1.29 is 18.7 Å². The van der Waals surface area contributed by atoms with E-state index in [2.05, 4.69) is 0 Å². The summed E-state index contributed by atoms with van der Waals surface area (Å²) in [6, 6.07) is 3.74. The highest BCUT2D eigenvalue weighted by Gasteiger charge is 2.23. The second kappa shape index (κ2) is 6.30. The van der Waals surface area contributed by atoms with Crippen LogP contribution in [0.1, 0.15) is 43.9 Å². The monoisotopic (exact) mass is 330 g/mol. The van der Waals surface area contributed by atoms with Crippen molar-refractivity contribution in [3.8, 4) is 5.75 Å². The largest absolute Gasteiger partial charge is 0.479 e. The molecule has 0 saturated heterocycles. The lowest BCUT2D eigenvalue weighted by molar-refractivity contribution is -0.154. The minimum Gasteiger partial charge on any atom is -0.479 e. The van der Waals surface area contributed by atoms with Crippen molar-refractivity contribution >= 4 is 16.9 Å². The highest BCUT2D eigenvalue weighted by Crippen LogP contribution is 2.33. The number of hydrogen-bond acceptors (Lipinski definition) is 5. The molecule has 1 aromatic heterocycles. The van der Waals surface area contributed by atoms with Crippen LogP contribution in [0.2, 0.25) is 0 Å². The van der Waals surface area contributed by atoms with E-state index in [9.17, 15) is 9.59 Å². The third-order valence-electron chi connectivity index (χ3n) is 4.33. The van der Waals surface area contributed by atoms with Crippen molar-refractivity contribution in [3.63, 3.8) is 0 Å². The Balaban J connectivity index is 1.96. The zero-order chi connectivity index (χ0) is 17.4. The van der Waals surface area contributed by atoms with Crippen LogP contribution in [0.3, 0.4) is 0 Å². The molecule has 0 unspecified atom stereocenters. The summed E-state index contributed by atoms with van der Waals surface area (Å²) in [6.45, 7) is 7.07. The van der Waals surface area contributed by atoms with E-state index in [0.717, 1.165) is 41.3 Å². The predicted octanol–water partition coefficient (Wildman–Crippen LogP) is 3.31. The molecule has 0 bridgehead atoms. The molecule has 0 amide bonds. The SMILES string of the molecule is Cc1c(O[C@H](C)C(=O)OC(C)C)ccc2c3c(c(=O)oc12)CCC3. The van der Waals surface area contributed by atoms with Gasteiger partial charge in [-0.05, 0) is 64.7 Å². The molecular weight excluding hydrogens is 308 g/mol. The van der Waals surface area contributed by atoms with Crippen molar-refractivity contribution in [3.05, 3.63) is 39.2 Å². The van der Waals surface area contributed by atoms with Gasteiger partial charge in [0, 0.05) is 16.5 Å². The van der Waals surface area contributed by atoms with Gasteiger partial charge in [-0.1, -0.05) is 0 Å². The summed E-state index contributed by atoms with van der Waals surface area (Å²) in [5.74, 6) is 0.108. The second-order valence-corrected chi connectivity index (χ2v) is 6.51. The Morgan fingerprint density at radius 2 is 1.88 bits per heavy atom. The van der Waals surface area contributed by atoms with Gasteiger partial charge in [-0.2, -0.15) is 0 Å². The minimum absolute atomic E-state index is 0.193. The molecule has 24 heavy (non-hydrogen) atoms. The molecule has 0 N–H and O–H groups in total. The zero-order valence-corrected chi connectivity index (χ0v) is 14.5. The lowest BCUT2D eigenvalue weighted by atomic mass is 10.0. The second-order valence-electron chi connectivity index (χ2n) is 6.51. The highest BCUT2D eigenvalue weighted by atomic mass is 16.6. The highest BCUT2D eigenvalue weighted by molar-refractivity contribution is 5.86. The molecule has 1 aliphatic carbocycles. The Labute approximate surface area is 140 Å². The molecule has 2 aromatic rings. The number of esters is 1. The molecule has 0 fully saturated rings. The predicted molar refractivity (Wildman–Crippen MR) is 90.6 cm³/mol. The molecule has 0 saturated carbocycles. The van der Waals surface area contributed by atoms with Crippen molar-refractivity contribution in [2.45, 2.75) is 59.2 Å². The smallest absolute Gasteiger partial charge is 0.347 e. The maximum absolute atomic E-state index is 12.2. The number of carbonyl (C=O) groups excluding carboxylic acids is 1. The zero-order valence-electron chi connectivity index (χ0n) is 14.5. The summed E-state index contributed by atoms with van der Waals surface area (Å²) < 4.78 is 16.4. The first-order valence-electron chi connectivity index (χ1n) is 8.33. The molecule has 3 rings (SSSR count). The van der Waals surface area contributed by atoms with Crippen molar-refractivity contribution in [2.24, 2.45) is 0 Å². The summed E-state index contributed by atoms with van der Waals surface area (Å²) in [5.41, 5.74) is 2.89. The van der Waals surface area contributed by atoms with Gasteiger partial charge in [0.15, 0.2) is 6.10 Å². The van der Waals surface area contributed by atoms with Gasteiger partial charge >= 0.3 is 11.6 Å². The van der Waals surface area contributed by atoms with E-state index in [1.165, 1.54) is 0 Å². The number of aryl methyl sites for hydroxylation is 2. The van der Waals surface area contributed by atoms with E-state index in [1.807, 2.05) is 19.1 Å². The van der Waals surface area contributed by atoms with Crippen molar-refractivity contribution in [2.75, 3.05) is 0 Å². The maximum atomic E-state index is 12.2. The molecule has 1 aliphatic rings. The molecular formula is C19H22O5. The van der Waals surface area contributed by atoms with Crippen LogP contribution in [-0.4, -0.2) is 18.2 Å². The third kappa shape index (κ3) is 2.90. The van der Waals surface area contributed by atoms with E-state index in [1.54, 1.807) is 20.8 Å². The summed E-state index contributed by atoms with van der Waals surface area (Å²) >= 11 is 0. The fraction of sp³-hybridized carbons (Fsp3) is 0.474. The van der Waals surface area contributed by atoms with Crippen LogP contribution in [0.4, 0.5) is 0 Å². The van der Waals surface area contributed by atoms with Gasteiger partial charge in [0.05, 0.1) is 6.10 Å². The van der Waals surface area contributed by atoms with Crippen molar-refractivity contribution in [1.29, 1.82) is 0 Å². The number of carbonyl (C=O) groups is 1. The van der Waals surface area contributed by atoms with Crippen LogP contribution in [0.25, 0.3) is 11.0 Å². The van der Waals surface area contributed by atoms with E-state index >= 15 is 0 Å². The van der Waals surface area contributed by atoms with Gasteiger partial charge in [0.25, 0.3) is 0 Å². The molecule has 1 aromatic carbocycles. The average Bonchev–Trinajstić information content (AvgIpc) is 3.00. The van der Waals surface area contributed by atoms with E-state index < -0.39 is 12.1 Å². The number of hydrogen-bond donors (Lipinski definition) is 0. The summed E-state index contributed by atoms with van der Waals surface area (Å²) in [4.78, 5) is 24.1. The topological polar surface area (TPSA) is 65.7 Å². The van der Waals surface area contributed by atoms with Gasteiger partial charge in [0.1, 0.15) is 11.3 Å². The number of fused-ring (bicyclic) bond motifs is 3. The average molecular weight is 330 g/mol. The molecule has 0 spiro atoms. The van der Waals surface area contributed by atoms with E-state index in [0.29, 0.717) is 11.3 Å². The van der Waals surface area contributed by atoms with Crippen molar-refractivity contribution in [1.82, 2.24) is 0 Å². The fourth-order valence-electron chi connectivity index (χ4n) is 3.16. The standard InChI is InChI=1S/C19H22O5/c1-10(2)22-18(20)12(4)23-16-9-8-14-13-6-5-7-15(13)19(21)24-17(14)11(16)3/h8-10,12H,5-7H2,1-4H3/t12-/m1/s1. The number of rotatable bonds is 4. The van der Waals surface area contributed by atoms with Crippen LogP contribution in [0.15, 0.2) is 21.3 Å². The van der Waals surface area contributed by atoms with Gasteiger partial charge in [-0.3, -0.25) is 0 Å². The lowest BCUT2D eigenvalue weighted by Gasteiger charge is -2.18. The molecule has 0 aliphatic heterocycles. The quantitative estimate of drug-likeness (QED) is 0.635. The summed E-state index contributed by atoms with van der Waals surface area (Å²) in [6.07, 6.45) is 1.73. The maximum Gasteiger partial charge on any atom is 0.347 e. The Kier molecular flexibility index (Phi) is 4.35. The van der Waals surface area contributed by atoms with Crippen LogP contribution in [0, 0.1) is 6.92 Å². The molecule has 5 heteroatoms. The van der Waals surface area contributed by atoms with E-state index in [4.69, 9.17) is 13.9 Å². The third-order valence-corrected chi connectivity index (χ3v) is 4.33. The summed E-state index contributed by atoms with van der Waals surface area (Å²) in [7, 11) is 0. The van der Waals surface area contributed by atoms with Gasteiger partial charge in [-0.25, -0.2) is 9.59 Å². The Morgan fingerprint density at radius 3 is 2.58 bits per heavy atom. The minimum atomic E-state index is -0.732. The molecule has 1 heterocycles. The molecule has 5 nitrogen and oxygen atoms in total. The van der Waals surface area contributed by atoms with Gasteiger partial charge < -0.3 is 13.9 Å². The lowest BCUT2D eigenvalue weighted by Crippen LogP contribution is -2.28. The first-order valence-corrected chi connectivity index (χ1v) is 8.33. The normalized spacial score (nSPS) is 14.7. The molecule has 0 radical (unpaired) electrons. The Morgan fingerprint density at radius 1 is 1.17 bits per heavy atom. The fourth-order valence-corrected chi connectivity index (χ4v) is 3.16. The first kappa shape index (κ1) is 16.6. The van der Waals surface area contributed by atoms with Crippen LogP contribution < -0.4 is 10.4 Å². The van der Waals surface area contributed by atoms with Gasteiger partial charge in [-0.15, -0.1) is 0 Å². The molecule has 1 atom stereocenters. The Bertz CT molecular complexity index is 847. The molecule has 128 valence electrons. The number of benzene rings is 1. The first-order chi connectivity index (χ1) is 11.4. The Hall–Kier alpha value is -2.30. The van der Waals surface area contributed by atoms with Gasteiger partial charge in [0.2, 0.25) is 0 Å². The summed E-state index contributed by atoms with van der Waals surface area (Å²) in [5, 5.41) is 0.962. The van der Waals surface area contributed by atoms with E-state index in [-0.39, 0.29) is 11.7 Å². The van der Waals surface area contributed by atoms with Crippen LogP contribution in [-0.2, 0) is 22.4 Å².